The van der Waals surface area contributed by atoms with E-state index in [4.69, 9.17) is 14.5 Å². The molecule has 0 aliphatic rings. The third-order valence-electron chi connectivity index (χ3n) is 4.68. The number of nitrogens with zero attached hydrogens (tertiary/aromatic N) is 2. The van der Waals surface area contributed by atoms with E-state index >= 15 is 0 Å². The number of carbonyl (C=O) groups excluding carboxylic acids is 1. The Labute approximate surface area is 163 Å². The first-order valence-corrected chi connectivity index (χ1v) is 9.76. The van der Waals surface area contributed by atoms with Crippen LogP contribution in [0.4, 0.5) is 0 Å². The predicted octanol–water partition coefficient (Wildman–Crippen LogP) is 4.86. The summed E-state index contributed by atoms with van der Waals surface area (Å²) in [7, 11) is 3.10. The minimum absolute atomic E-state index is 0.168. The zero-order chi connectivity index (χ0) is 19.4. The number of aryl methyl sites for hydroxylation is 1. The number of para-hydroxylation sites is 1. The molecule has 0 aliphatic heterocycles. The summed E-state index contributed by atoms with van der Waals surface area (Å²) in [5, 5.41) is 3.03. The smallest absolute Gasteiger partial charge is 0.305 e. The maximum atomic E-state index is 11.3. The Morgan fingerprint density at radius 3 is 2.70 bits per heavy atom. The maximum Gasteiger partial charge on any atom is 0.305 e. The molecule has 0 saturated heterocycles. The van der Waals surface area contributed by atoms with Gasteiger partial charge in [0.2, 0.25) is 0 Å². The predicted molar refractivity (Wildman–Crippen MR) is 108 cm³/mol. The molecule has 2 heterocycles. The van der Waals surface area contributed by atoms with Crippen LogP contribution in [-0.4, -0.2) is 29.7 Å². The van der Waals surface area contributed by atoms with Gasteiger partial charge in [-0.25, -0.2) is 4.98 Å². The number of thiazole rings is 1. The van der Waals surface area contributed by atoms with E-state index in [-0.39, 0.29) is 5.97 Å². The van der Waals surface area contributed by atoms with E-state index in [0.717, 1.165) is 46.2 Å². The SMILES string of the molecule is COC(=O)CCCn1c(C)cc(-c2csc(-c3ccccc3OC)n2)c1C. The zero-order valence-electron chi connectivity index (χ0n) is 16.1. The Hall–Kier alpha value is -2.60. The van der Waals surface area contributed by atoms with Gasteiger partial charge in [-0.2, -0.15) is 0 Å². The van der Waals surface area contributed by atoms with Crippen LogP contribution in [0.5, 0.6) is 5.75 Å². The standard InChI is InChI=1S/C21H24N2O3S/c1-14-12-17(15(2)23(14)11-7-10-20(24)26-4)18-13-27-21(22-18)16-8-5-6-9-19(16)25-3/h5-6,8-9,12-13H,7,10-11H2,1-4H3. The second-order valence-corrected chi connectivity index (χ2v) is 7.21. The van der Waals surface area contributed by atoms with Crippen molar-refractivity contribution in [1.82, 2.24) is 9.55 Å². The molecule has 0 atom stereocenters. The van der Waals surface area contributed by atoms with Crippen molar-refractivity contribution in [3.05, 3.63) is 47.1 Å². The first-order chi connectivity index (χ1) is 13.0. The van der Waals surface area contributed by atoms with Gasteiger partial charge in [-0.1, -0.05) is 12.1 Å². The lowest BCUT2D eigenvalue weighted by Gasteiger charge is -2.09. The van der Waals surface area contributed by atoms with Crippen molar-refractivity contribution in [1.29, 1.82) is 0 Å². The van der Waals surface area contributed by atoms with E-state index in [1.807, 2.05) is 24.3 Å². The summed E-state index contributed by atoms with van der Waals surface area (Å²) in [4.78, 5) is 16.2. The number of aromatic nitrogens is 2. The number of methoxy groups -OCH3 is 2. The van der Waals surface area contributed by atoms with Crippen LogP contribution in [0.1, 0.15) is 24.2 Å². The molecule has 1 aromatic carbocycles. The Bertz CT molecular complexity index is 943. The fourth-order valence-corrected chi connectivity index (χ4v) is 4.08. The highest BCUT2D eigenvalue weighted by molar-refractivity contribution is 7.13. The summed E-state index contributed by atoms with van der Waals surface area (Å²) in [5.74, 6) is 0.658. The fourth-order valence-electron chi connectivity index (χ4n) is 3.23. The Morgan fingerprint density at radius 1 is 1.19 bits per heavy atom. The molecule has 27 heavy (non-hydrogen) atoms. The van der Waals surface area contributed by atoms with Gasteiger partial charge in [0.05, 0.1) is 25.5 Å². The molecule has 0 saturated carbocycles. The van der Waals surface area contributed by atoms with E-state index < -0.39 is 0 Å². The average molecular weight is 385 g/mol. The normalized spacial score (nSPS) is 10.8. The molecule has 0 fully saturated rings. The number of ether oxygens (including phenoxy) is 2. The summed E-state index contributed by atoms with van der Waals surface area (Å²) in [6, 6.07) is 10.1. The van der Waals surface area contributed by atoms with E-state index in [9.17, 15) is 4.79 Å². The molecule has 0 aliphatic carbocycles. The molecular weight excluding hydrogens is 360 g/mol. The zero-order valence-corrected chi connectivity index (χ0v) is 16.9. The number of benzene rings is 1. The van der Waals surface area contributed by atoms with Crippen molar-refractivity contribution < 1.29 is 14.3 Å². The third kappa shape index (κ3) is 4.06. The van der Waals surface area contributed by atoms with Crippen LogP contribution in [0.3, 0.4) is 0 Å². The Balaban J connectivity index is 1.85. The van der Waals surface area contributed by atoms with Gasteiger partial charge in [0.25, 0.3) is 0 Å². The molecule has 3 rings (SSSR count). The Kier molecular flexibility index (Phi) is 5.96. The van der Waals surface area contributed by atoms with Gasteiger partial charge in [0.15, 0.2) is 0 Å². The first-order valence-electron chi connectivity index (χ1n) is 8.88. The molecule has 142 valence electrons. The van der Waals surface area contributed by atoms with Gasteiger partial charge in [-0.3, -0.25) is 4.79 Å². The minimum atomic E-state index is -0.168. The number of hydrogen-bond donors (Lipinski definition) is 0. The van der Waals surface area contributed by atoms with Crippen LogP contribution in [0.25, 0.3) is 21.8 Å². The van der Waals surface area contributed by atoms with Crippen LogP contribution >= 0.6 is 11.3 Å². The molecule has 0 amide bonds. The van der Waals surface area contributed by atoms with Crippen molar-refractivity contribution >= 4 is 17.3 Å². The molecular formula is C21H24N2O3S. The fraction of sp³-hybridized carbons (Fsp3) is 0.333. The molecule has 3 aromatic rings. The lowest BCUT2D eigenvalue weighted by molar-refractivity contribution is -0.140. The average Bonchev–Trinajstić information content (AvgIpc) is 3.27. The summed E-state index contributed by atoms with van der Waals surface area (Å²) < 4.78 is 12.4. The van der Waals surface area contributed by atoms with Gasteiger partial charge in [-0.05, 0) is 38.5 Å². The molecule has 0 spiro atoms. The lowest BCUT2D eigenvalue weighted by Crippen LogP contribution is -2.06. The maximum absolute atomic E-state index is 11.3. The van der Waals surface area contributed by atoms with Gasteiger partial charge < -0.3 is 14.0 Å². The van der Waals surface area contributed by atoms with Gasteiger partial charge in [0.1, 0.15) is 10.8 Å². The summed E-state index contributed by atoms with van der Waals surface area (Å²) in [6.45, 7) is 4.97. The van der Waals surface area contributed by atoms with E-state index in [1.165, 1.54) is 12.8 Å². The summed E-state index contributed by atoms with van der Waals surface area (Å²) in [5.41, 5.74) is 5.42. The first kappa shape index (κ1) is 19.2. The highest BCUT2D eigenvalue weighted by atomic mass is 32.1. The largest absolute Gasteiger partial charge is 0.496 e. The highest BCUT2D eigenvalue weighted by Gasteiger charge is 2.16. The van der Waals surface area contributed by atoms with Gasteiger partial charge in [-0.15, -0.1) is 11.3 Å². The molecule has 0 radical (unpaired) electrons. The molecule has 2 aromatic heterocycles. The molecule has 0 unspecified atom stereocenters. The topological polar surface area (TPSA) is 53.4 Å². The van der Waals surface area contributed by atoms with Gasteiger partial charge in [0, 0.05) is 35.3 Å². The minimum Gasteiger partial charge on any atom is -0.496 e. The number of rotatable bonds is 7. The molecule has 0 bridgehead atoms. The van der Waals surface area contributed by atoms with Crippen molar-refractivity contribution in [2.24, 2.45) is 0 Å². The number of carbonyl (C=O) groups is 1. The van der Waals surface area contributed by atoms with Crippen LogP contribution < -0.4 is 4.74 Å². The molecule has 5 nitrogen and oxygen atoms in total. The van der Waals surface area contributed by atoms with Crippen molar-refractivity contribution in [3.8, 4) is 27.6 Å². The quantitative estimate of drug-likeness (QED) is 0.546. The monoisotopic (exact) mass is 384 g/mol. The summed E-state index contributed by atoms with van der Waals surface area (Å²) in [6.07, 6.45) is 1.18. The van der Waals surface area contributed by atoms with Crippen molar-refractivity contribution in [3.63, 3.8) is 0 Å². The highest BCUT2D eigenvalue weighted by Crippen LogP contribution is 2.36. The lowest BCUT2D eigenvalue weighted by atomic mass is 10.2. The van der Waals surface area contributed by atoms with Crippen LogP contribution in [0.15, 0.2) is 35.7 Å². The van der Waals surface area contributed by atoms with Crippen molar-refractivity contribution in [2.75, 3.05) is 14.2 Å². The van der Waals surface area contributed by atoms with Crippen LogP contribution in [0.2, 0.25) is 0 Å². The summed E-state index contributed by atoms with van der Waals surface area (Å²) >= 11 is 1.61. The molecule has 0 N–H and O–H groups in total. The van der Waals surface area contributed by atoms with E-state index in [2.05, 4.69) is 29.9 Å². The Morgan fingerprint density at radius 2 is 1.96 bits per heavy atom. The second kappa shape index (κ2) is 8.39. The van der Waals surface area contributed by atoms with E-state index in [0.29, 0.717) is 6.42 Å². The third-order valence-corrected chi connectivity index (χ3v) is 5.56. The number of esters is 1. The van der Waals surface area contributed by atoms with Crippen LogP contribution in [0, 0.1) is 13.8 Å². The van der Waals surface area contributed by atoms with Crippen molar-refractivity contribution in [2.45, 2.75) is 33.2 Å². The van der Waals surface area contributed by atoms with Crippen LogP contribution in [-0.2, 0) is 16.1 Å². The number of hydrogen-bond acceptors (Lipinski definition) is 5. The molecule has 6 heteroatoms. The second-order valence-electron chi connectivity index (χ2n) is 6.35. The van der Waals surface area contributed by atoms with E-state index in [1.54, 1.807) is 18.4 Å². The van der Waals surface area contributed by atoms with Gasteiger partial charge >= 0.3 is 5.97 Å².